The molecule has 0 fully saturated rings. The van der Waals surface area contributed by atoms with E-state index >= 15 is 0 Å². The molecule has 3 aromatic carbocycles. The van der Waals surface area contributed by atoms with E-state index in [0.29, 0.717) is 0 Å². The van der Waals surface area contributed by atoms with Crippen molar-refractivity contribution in [3.8, 4) is 0 Å². The molecule has 0 spiro atoms. The van der Waals surface area contributed by atoms with E-state index in [1.807, 2.05) is 0 Å². The summed E-state index contributed by atoms with van der Waals surface area (Å²) in [7, 11) is 0. The summed E-state index contributed by atoms with van der Waals surface area (Å²) in [5, 5.41) is 5.41. The van der Waals surface area contributed by atoms with Crippen molar-refractivity contribution >= 4 is 21.5 Å². The van der Waals surface area contributed by atoms with Crippen LogP contribution in [0.2, 0.25) is 0 Å². The Morgan fingerprint density at radius 3 is 1.90 bits per heavy atom. The van der Waals surface area contributed by atoms with E-state index < -0.39 is 0 Å². The smallest absolute Gasteiger partial charge is 0 e. The molecule has 3 rings (SSSR count). The van der Waals surface area contributed by atoms with Gasteiger partial charge in [0.25, 0.3) is 0 Å². The fraction of sp³-hybridized carbons (Fsp3) is 0.211. The van der Waals surface area contributed by atoms with Crippen molar-refractivity contribution in [2.45, 2.75) is 26.2 Å². The zero-order chi connectivity index (χ0) is 12.0. The first-order chi connectivity index (χ1) is 8.05. The van der Waals surface area contributed by atoms with Crippen LogP contribution in [0.1, 0.15) is 26.3 Å². The van der Waals surface area contributed by atoms with Crippen molar-refractivity contribution in [3.63, 3.8) is 0 Å². The van der Waals surface area contributed by atoms with Crippen LogP contribution in [-0.2, 0) is 31.3 Å². The average molecular weight is 430 g/mol. The van der Waals surface area contributed by atoms with Gasteiger partial charge in [0.15, 0.2) is 0 Å². The monoisotopic (exact) mass is 431 g/mol. The molecule has 0 saturated heterocycles. The third-order valence-corrected chi connectivity index (χ3v) is 3.45. The maximum absolute atomic E-state index is 2.32. The zero-order valence-corrected chi connectivity index (χ0v) is 16.7. The van der Waals surface area contributed by atoms with Crippen LogP contribution in [0.5, 0.6) is 0 Å². The molecule has 0 unspecified atom stereocenters. The summed E-state index contributed by atoms with van der Waals surface area (Å²) in [6.45, 7) is 6.82. The van der Waals surface area contributed by atoms with E-state index in [0.717, 1.165) is 0 Å². The second-order valence-corrected chi connectivity index (χ2v) is 5.78. The number of hydrogen-bond donors (Lipinski definition) is 0. The van der Waals surface area contributed by atoms with Gasteiger partial charge >= 0.3 is 0 Å². The van der Waals surface area contributed by atoms with Gasteiger partial charge in [0, 0.05) is 25.8 Å². The second kappa shape index (κ2) is 6.76. The van der Waals surface area contributed by atoms with Crippen molar-refractivity contribution < 1.29 is 25.8 Å². The molecule has 0 N–H and O–H groups in total. The summed E-state index contributed by atoms with van der Waals surface area (Å²) < 4.78 is 0. The van der Waals surface area contributed by atoms with Gasteiger partial charge in [0.2, 0.25) is 0 Å². The molecule has 3 aromatic rings. The van der Waals surface area contributed by atoms with Gasteiger partial charge < -0.3 is 14.9 Å². The molecule has 0 amide bonds. The minimum absolute atomic E-state index is 0. The number of rotatable bonds is 0. The van der Waals surface area contributed by atoms with Crippen LogP contribution in [0.15, 0.2) is 48.5 Å². The van der Waals surface area contributed by atoms with Gasteiger partial charge in [-0.3, -0.25) is 0 Å². The van der Waals surface area contributed by atoms with E-state index in [1.165, 1.54) is 27.1 Å². The third-order valence-electron chi connectivity index (χ3n) is 3.45. The van der Waals surface area contributed by atoms with Gasteiger partial charge in [-0.15, -0.1) is 28.5 Å². The first kappa shape index (κ1) is 19.2. The Kier molecular flexibility index (Phi) is 6.48. The van der Waals surface area contributed by atoms with Crippen molar-refractivity contribution in [1.82, 2.24) is 0 Å². The molecule has 0 atom stereocenters. The molecule has 0 bridgehead atoms. The SMILES string of the molecule is CC(C)(C)[c-]1ccc2cc3ccccc3cc21.[CH3-].[CH3-].[Hf]. The van der Waals surface area contributed by atoms with Crippen LogP contribution in [-0.4, -0.2) is 0 Å². The van der Waals surface area contributed by atoms with Gasteiger partial charge in [-0.25, -0.2) is 0 Å². The van der Waals surface area contributed by atoms with Crippen molar-refractivity contribution in [2.75, 3.05) is 0 Å². The van der Waals surface area contributed by atoms with Crippen LogP contribution < -0.4 is 0 Å². The normalized spacial score (nSPS) is 10.6. The summed E-state index contributed by atoms with van der Waals surface area (Å²) >= 11 is 0. The zero-order valence-electron chi connectivity index (χ0n) is 13.1. The maximum atomic E-state index is 2.32. The molecule has 0 aliphatic rings. The Hall–Kier alpha value is -0.820. The van der Waals surface area contributed by atoms with E-state index in [1.54, 1.807) is 0 Å². The molecule has 0 saturated carbocycles. The molecule has 0 nitrogen and oxygen atoms in total. The van der Waals surface area contributed by atoms with Crippen LogP contribution >= 0.6 is 0 Å². The molecule has 106 valence electrons. The summed E-state index contributed by atoms with van der Waals surface area (Å²) in [5.74, 6) is 0. The van der Waals surface area contributed by atoms with Gasteiger partial charge in [0.05, 0.1) is 0 Å². The fourth-order valence-electron chi connectivity index (χ4n) is 2.55. The summed E-state index contributed by atoms with van der Waals surface area (Å²) in [5.41, 5.74) is 1.66. The van der Waals surface area contributed by atoms with E-state index in [-0.39, 0.29) is 46.1 Å². The standard InChI is InChI=1S/C17H17.2CH3.Hf/c1-17(2,3)16-9-8-14-10-12-6-4-5-7-13(12)11-15(14)16;;;/h4-11H,1-3H3;2*1H3;/q3*-1;. The maximum Gasteiger partial charge on any atom is 0 e. The van der Waals surface area contributed by atoms with Crippen LogP contribution in [0, 0.1) is 14.9 Å². The Morgan fingerprint density at radius 1 is 0.800 bits per heavy atom. The molecule has 0 aromatic heterocycles. The molecular weight excluding hydrogens is 407 g/mol. The minimum atomic E-state index is 0. The number of fused-ring (bicyclic) bond motifs is 2. The van der Waals surface area contributed by atoms with Crippen molar-refractivity contribution in [3.05, 3.63) is 68.9 Å². The molecule has 20 heavy (non-hydrogen) atoms. The Labute approximate surface area is 142 Å². The molecule has 0 aliphatic carbocycles. The predicted molar refractivity (Wildman–Crippen MR) is 88.6 cm³/mol. The van der Waals surface area contributed by atoms with Gasteiger partial charge in [-0.2, -0.15) is 6.07 Å². The Balaban J connectivity index is 0.00000120. The fourth-order valence-corrected chi connectivity index (χ4v) is 2.55. The predicted octanol–water partition coefficient (Wildman–Crippen LogP) is 5.91. The number of hydrogen-bond acceptors (Lipinski definition) is 0. The quantitative estimate of drug-likeness (QED) is 0.308. The van der Waals surface area contributed by atoms with Crippen LogP contribution in [0.3, 0.4) is 0 Å². The Morgan fingerprint density at radius 2 is 1.35 bits per heavy atom. The molecule has 0 aliphatic heterocycles. The molecular formula is C19H23Hf-3. The molecule has 0 radical (unpaired) electrons. The van der Waals surface area contributed by atoms with E-state index in [2.05, 4.69) is 69.3 Å². The largest absolute Gasteiger partial charge is 0.358 e. The molecule has 0 heterocycles. The van der Waals surface area contributed by atoms with Crippen molar-refractivity contribution in [2.24, 2.45) is 0 Å². The second-order valence-electron chi connectivity index (χ2n) is 5.78. The summed E-state index contributed by atoms with van der Waals surface area (Å²) in [6, 6.07) is 17.7. The first-order valence-corrected chi connectivity index (χ1v) is 6.14. The summed E-state index contributed by atoms with van der Waals surface area (Å²) in [6.07, 6.45) is 0. The van der Waals surface area contributed by atoms with Crippen molar-refractivity contribution in [1.29, 1.82) is 0 Å². The molecule has 1 heteroatoms. The van der Waals surface area contributed by atoms with Gasteiger partial charge in [-0.05, 0) is 10.8 Å². The third kappa shape index (κ3) is 3.25. The van der Waals surface area contributed by atoms with Gasteiger partial charge in [-0.1, -0.05) is 56.5 Å². The number of benzene rings is 2. The van der Waals surface area contributed by atoms with Gasteiger partial charge in [0.1, 0.15) is 0 Å². The Bertz CT molecular complexity index is 684. The minimum Gasteiger partial charge on any atom is -0.358 e. The average Bonchev–Trinajstić information content (AvgIpc) is 2.68. The van der Waals surface area contributed by atoms with Crippen LogP contribution in [0.4, 0.5) is 0 Å². The first-order valence-electron chi connectivity index (χ1n) is 6.14. The topological polar surface area (TPSA) is 0 Å². The van der Waals surface area contributed by atoms with E-state index in [4.69, 9.17) is 0 Å². The van der Waals surface area contributed by atoms with E-state index in [9.17, 15) is 0 Å². The van der Waals surface area contributed by atoms with Crippen LogP contribution in [0.25, 0.3) is 21.5 Å². The summed E-state index contributed by atoms with van der Waals surface area (Å²) in [4.78, 5) is 0.